The highest BCUT2D eigenvalue weighted by atomic mass is 16.6. The lowest BCUT2D eigenvalue weighted by molar-refractivity contribution is -0.167. The number of esters is 3. The number of ether oxygens (including phenoxy) is 3. The number of hydrogen-bond acceptors (Lipinski definition) is 6. The van der Waals surface area contributed by atoms with E-state index in [0.29, 0.717) is 19.3 Å². The van der Waals surface area contributed by atoms with E-state index in [1.807, 2.05) is 0 Å². The zero-order chi connectivity index (χ0) is 49.3. The molecule has 0 saturated heterocycles. The first-order chi connectivity index (χ1) is 33.5. The van der Waals surface area contributed by atoms with Crippen molar-refractivity contribution in [3.05, 3.63) is 12.2 Å². The lowest BCUT2D eigenvalue weighted by Crippen LogP contribution is -2.30. The second kappa shape index (κ2) is 57.7. The molecule has 1 unspecified atom stereocenters. The summed E-state index contributed by atoms with van der Waals surface area (Å²) in [4.78, 5) is 38.2. The lowest BCUT2D eigenvalue weighted by Gasteiger charge is -2.18. The van der Waals surface area contributed by atoms with E-state index in [4.69, 9.17) is 14.2 Å². The number of rotatable bonds is 57. The van der Waals surface area contributed by atoms with Gasteiger partial charge in [-0.1, -0.05) is 296 Å². The van der Waals surface area contributed by atoms with Crippen LogP contribution in [-0.4, -0.2) is 37.2 Å². The molecule has 0 aromatic rings. The molecule has 68 heavy (non-hydrogen) atoms. The molecular formula is C62H118O6. The maximum atomic E-state index is 12.9. The van der Waals surface area contributed by atoms with E-state index < -0.39 is 6.10 Å². The van der Waals surface area contributed by atoms with Crippen molar-refractivity contribution < 1.29 is 28.6 Å². The fourth-order valence-corrected chi connectivity index (χ4v) is 9.38. The molecule has 402 valence electrons. The molecule has 6 nitrogen and oxygen atoms in total. The third kappa shape index (κ3) is 55.1. The van der Waals surface area contributed by atoms with Crippen molar-refractivity contribution in [1.82, 2.24) is 0 Å². The van der Waals surface area contributed by atoms with Crippen molar-refractivity contribution >= 4 is 17.9 Å². The summed E-state index contributed by atoms with van der Waals surface area (Å²) < 4.78 is 16.9. The van der Waals surface area contributed by atoms with Gasteiger partial charge in [0.25, 0.3) is 0 Å². The van der Waals surface area contributed by atoms with Gasteiger partial charge >= 0.3 is 17.9 Å². The molecule has 0 aromatic carbocycles. The summed E-state index contributed by atoms with van der Waals surface area (Å²) in [6, 6.07) is 0. The van der Waals surface area contributed by atoms with Gasteiger partial charge < -0.3 is 14.2 Å². The Morgan fingerprint density at radius 1 is 0.279 bits per heavy atom. The topological polar surface area (TPSA) is 78.9 Å². The normalized spacial score (nSPS) is 12.0. The Morgan fingerprint density at radius 3 is 0.735 bits per heavy atom. The van der Waals surface area contributed by atoms with Crippen LogP contribution in [0.2, 0.25) is 0 Å². The van der Waals surface area contributed by atoms with Crippen LogP contribution in [0.1, 0.15) is 348 Å². The zero-order valence-electron chi connectivity index (χ0n) is 46.2. The number of carbonyl (C=O) groups is 3. The van der Waals surface area contributed by atoms with Crippen molar-refractivity contribution in [3.63, 3.8) is 0 Å². The van der Waals surface area contributed by atoms with Crippen LogP contribution in [0.4, 0.5) is 0 Å². The fourth-order valence-electron chi connectivity index (χ4n) is 9.38. The fraction of sp³-hybridized carbons (Fsp3) is 0.919. The van der Waals surface area contributed by atoms with Crippen LogP contribution in [0.5, 0.6) is 0 Å². The quantitative estimate of drug-likeness (QED) is 0.0262. The summed E-state index contributed by atoms with van der Waals surface area (Å²) in [6.07, 6.45) is 66.4. The molecule has 0 amide bonds. The summed E-state index contributed by atoms with van der Waals surface area (Å²) in [5, 5.41) is 0. The molecule has 0 aliphatic heterocycles. The highest BCUT2D eigenvalue weighted by Gasteiger charge is 2.19. The van der Waals surface area contributed by atoms with Gasteiger partial charge in [-0.2, -0.15) is 0 Å². The van der Waals surface area contributed by atoms with Gasteiger partial charge in [0.1, 0.15) is 13.2 Å². The van der Waals surface area contributed by atoms with E-state index in [-0.39, 0.29) is 31.1 Å². The molecule has 0 N–H and O–H groups in total. The number of allylic oxidation sites excluding steroid dienone is 2. The van der Waals surface area contributed by atoms with Crippen molar-refractivity contribution in [2.75, 3.05) is 13.2 Å². The van der Waals surface area contributed by atoms with Crippen LogP contribution in [0, 0.1) is 0 Å². The number of carbonyl (C=O) groups excluding carboxylic acids is 3. The second-order valence-corrected chi connectivity index (χ2v) is 21.0. The van der Waals surface area contributed by atoms with Crippen molar-refractivity contribution in [2.24, 2.45) is 0 Å². The molecule has 0 rings (SSSR count). The van der Waals surface area contributed by atoms with E-state index in [2.05, 4.69) is 32.9 Å². The molecule has 0 spiro atoms. The van der Waals surface area contributed by atoms with E-state index in [9.17, 15) is 14.4 Å². The highest BCUT2D eigenvalue weighted by Crippen LogP contribution is 2.18. The molecule has 0 heterocycles. The first kappa shape index (κ1) is 66.2. The van der Waals surface area contributed by atoms with Crippen LogP contribution < -0.4 is 0 Å². The Labute approximate surface area is 424 Å². The van der Waals surface area contributed by atoms with Crippen LogP contribution in [0.25, 0.3) is 0 Å². The van der Waals surface area contributed by atoms with Gasteiger partial charge in [-0.25, -0.2) is 0 Å². The molecule has 1 atom stereocenters. The Hall–Kier alpha value is -1.85. The SMILES string of the molecule is CCCCCCCC/C=C\CCCCCCCCCC(=O)OC(COC(=O)CCCCCCCCCCCCCC)COC(=O)CCCCCCCCCCCCCCCCCCCCCCC. The van der Waals surface area contributed by atoms with Gasteiger partial charge in [-0.15, -0.1) is 0 Å². The standard InChI is InChI=1S/C62H118O6/c1-4-7-10-13-16-19-22-25-27-29-30-31-32-34-35-37-40-43-46-49-52-55-61(64)67-58-59(57-66-60(63)54-51-48-45-42-39-24-21-18-15-12-9-6-3)68-62(65)56-53-50-47-44-41-38-36-33-28-26-23-20-17-14-11-8-5-2/h26,28,59H,4-25,27,29-58H2,1-3H3/b28-26-. The Morgan fingerprint density at radius 2 is 0.485 bits per heavy atom. The van der Waals surface area contributed by atoms with E-state index in [0.717, 1.165) is 57.8 Å². The summed E-state index contributed by atoms with van der Waals surface area (Å²) >= 11 is 0. The van der Waals surface area contributed by atoms with Gasteiger partial charge in [-0.3, -0.25) is 14.4 Å². The maximum Gasteiger partial charge on any atom is 0.306 e. The van der Waals surface area contributed by atoms with Crippen LogP contribution in [-0.2, 0) is 28.6 Å². The minimum absolute atomic E-state index is 0.0655. The van der Waals surface area contributed by atoms with E-state index >= 15 is 0 Å². The van der Waals surface area contributed by atoms with Crippen molar-refractivity contribution in [2.45, 2.75) is 354 Å². The minimum Gasteiger partial charge on any atom is -0.462 e. The van der Waals surface area contributed by atoms with Crippen molar-refractivity contribution in [1.29, 1.82) is 0 Å². The molecule has 0 aliphatic rings. The molecule has 0 aromatic heterocycles. The largest absolute Gasteiger partial charge is 0.462 e. The second-order valence-electron chi connectivity index (χ2n) is 21.0. The van der Waals surface area contributed by atoms with E-state index in [1.165, 1.54) is 250 Å². The molecule has 0 radical (unpaired) electrons. The van der Waals surface area contributed by atoms with Crippen LogP contribution in [0.15, 0.2) is 12.2 Å². The van der Waals surface area contributed by atoms with Crippen LogP contribution in [0.3, 0.4) is 0 Å². The summed E-state index contributed by atoms with van der Waals surface area (Å²) in [5.74, 6) is -0.843. The summed E-state index contributed by atoms with van der Waals surface area (Å²) in [7, 11) is 0. The number of unbranched alkanes of at least 4 members (excludes halogenated alkanes) is 44. The van der Waals surface area contributed by atoms with E-state index in [1.54, 1.807) is 0 Å². The van der Waals surface area contributed by atoms with Gasteiger partial charge in [-0.05, 0) is 44.9 Å². The maximum absolute atomic E-state index is 12.9. The third-order valence-corrected chi connectivity index (χ3v) is 14.0. The van der Waals surface area contributed by atoms with Gasteiger partial charge in [0, 0.05) is 19.3 Å². The monoisotopic (exact) mass is 959 g/mol. The predicted octanol–water partition coefficient (Wildman–Crippen LogP) is 20.5. The lowest BCUT2D eigenvalue weighted by atomic mass is 10.0. The Kier molecular flexibility index (Phi) is 56.2. The Balaban J connectivity index is 4.25. The summed E-state index contributed by atoms with van der Waals surface area (Å²) in [5.41, 5.74) is 0. The molecule has 0 aliphatic carbocycles. The minimum atomic E-state index is -0.767. The van der Waals surface area contributed by atoms with Gasteiger partial charge in [0.2, 0.25) is 0 Å². The Bertz CT molecular complexity index is 1060. The highest BCUT2D eigenvalue weighted by molar-refractivity contribution is 5.71. The van der Waals surface area contributed by atoms with Crippen LogP contribution >= 0.6 is 0 Å². The first-order valence-electron chi connectivity index (χ1n) is 30.7. The summed E-state index contributed by atoms with van der Waals surface area (Å²) in [6.45, 7) is 6.69. The third-order valence-electron chi connectivity index (χ3n) is 14.0. The zero-order valence-corrected chi connectivity index (χ0v) is 46.2. The molecular weight excluding hydrogens is 841 g/mol. The average Bonchev–Trinajstić information content (AvgIpc) is 3.34. The van der Waals surface area contributed by atoms with Gasteiger partial charge in [0.15, 0.2) is 6.10 Å². The van der Waals surface area contributed by atoms with Crippen molar-refractivity contribution in [3.8, 4) is 0 Å². The number of hydrogen-bond donors (Lipinski definition) is 0. The van der Waals surface area contributed by atoms with Gasteiger partial charge in [0.05, 0.1) is 0 Å². The first-order valence-corrected chi connectivity index (χ1v) is 30.7. The molecule has 0 bridgehead atoms. The molecule has 0 saturated carbocycles. The molecule has 0 fully saturated rings. The molecule has 6 heteroatoms. The predicted molar refractivity (Wildman–Crippen MR) is 293 cm³/mol. The smallest absolute Gasteiger partial charge is 0.306 e. The average molecular weight is 960 g/mol.